The Morgan fingerprint density at radius 3 is 2.38 bits per heavy atom. The summed E-state index contributed by atoms with van der Waals surface area (Å²) in [5.41, 5.74) is -0.530. The summed E-state index contributed by atoms with van der Waals surface area (Å²) in [4.78, 5) is 26.9. The monoisotopic (exact) mass is 358 g/mol. The smallest absolute Gasteiger partial charge is 0.245 e. The third-order valence-corrected chi connectivity index (χ3v) is 5.05. The predicted octanol–water partition coefficient (Wildman–Crippen LogP) is 2.40. The van der Waals surface area contributed by atoms with Crippen molar-refractivity contribution >= 4 is 11.8 Å². The second kappa shape index (κ2) is 8.04. The molecule has 1 aliphatic rings. The topological polar surface area (TPSA) is 69.6 Å². The minimum Gasteiger partial charge on any atom is -0.390 e. The molecule has 0 aromatic heterocycles. The van der Waals surface area contributed by atoms with Crippen LogP contribution in [0.1, 0.15) is 45.6 Å². The minimum atomic E-state index is -0.841. The van der Waals surface area contributed by atoms with Crippen molar-refractivity contribution in [2.45, 2.75) is 57.1 Å². The lowest BCUT2D eigenvalue weighted by Gasteiger charge is -2.41. The molecule has 0 aliphatic carbocycles. The number of nitrogens with zero attached hydrogens (tertiary/aromatic N) is 1. The van der Waals surface area contributed by atoms with Gasteiger partial charge in [0.15, 0.2) is 0 Å². The minimum absolute atomic E-state index is 0.0360. The van der Waals surface area contributed by atoms with Gasteiger partial charge in [0.05, 0.1) is 11.0 Å². The molecule has 2 amide bonds. The summed E-state index contributed by atoms with van der Waals surface area (Å²) in [5, 5.41) is 13.1. The lowest BCUT2D eigenvalue weighted by molar-refractivity contribution is -0.134. The normalized spacial score (nSPS) is 18.1. The average Bonchev–Trinajstić information content (AvgIpc) is 2.60. The molecular weight excluding hydrogens is 328 g/mol. The number of nitrogens with one attached hydrogen (secondary N) is 1. The van der Waals surface area contributed by atoms with E-state index in [-0.39, 0.29) is 17.9 Å². The molecule has 1 fully saturated rings. The average molecular weight is 358 g/mol. The standard InChI is InChI=1S/C21H30N2O3/c1-5-18(24)23-13-11-21(12-14-23,17-9-7-6-8-10-17)19(25)22-16(2)15-20(3,4)26/h5-10,16,26H,1,11-15H2,2-4H3,(H,22,25). The van der Waals surface area contributed by atoms with Gasteiger partial charge in [0.1, 0.15) is 0 Å². The Bertz CT molecular complexity index is 641. The Kier molecular flexibility index (Phi) is 6.24. The van der Waals surface area contributed by atoms with Gasteiger partial charge in [-0.15, -0.1) is 0 Å². The fraction of sp³-hybridized carbons (Fsp3) is 0.524. The van der Waals surface area contributed by atoms with E-state index < -0.39 is 11.0 Å². The van der Waals surface area contributed by atoms with Gasteiger partial charge in [-0.05, 0) is 51.7 Å². The van der Waals surface area contributed by atoms with Crippen molar-refractivity contribution in [3.8, 4) is 0 Å². The molecular formula is C21H30N2O3. The van der Waals surface area contributed by atoms with E-state index in [1.165, 1.54) is 6.08 Å². The number of rotatable bonds is 6. The molecule has 0 radical (unpaired) electrons. The Hall–Kier alpha value is -2.14. The van der Waals surface area contributed by atoms with Crippen molar-refractivity contribution in [1.82, 2.24) is 10.2 Å². The molecule has 1 aromatic carbocycles. The van der Waals surface area contributed by atoms with E-state index in [2.05, 4.69) is 11.9 Å². The third kappa shape index (κ3) is 4.73. The maximum absolute atomic E-state index is 13.2. The quantitative estimate of drug-likeness (QED) is 0.767. The molecule has 5 heteroatoms. The van der Waals surface area contributed by atoms with Crippen LogP contribution in [0.2, 0.25) is 0 Å². The van der Waals surface area contributed by atoms with Gasteiger partial charge >= 0.3 is 0 Å². The van der Waals surface area contributed by atoms with Crippen LogP contribution in [0, 0.1) is 0 Å². The van der Waals surface area contributed by atoms with Crippen molar-refractivity contribution < 1.29 is 14.7 Å². The molecule has 1 heterocycles. The zero-order valence-corrected chi connectivity index (χ0v) is 16.0. The first-order valence-electron chi connectivity index (χ1n) is 9.18. The molecule has 0 saturated carbocycles. The van der Waals surface area contributed by atoms with E-state index in [0.717, 1.165) is 5.56 Å². The highest BCUT2D eigenvalue weighted by Gasteiger charge is 2.43. The Morgan fingerprint density at radius 1 is 1.31 bits per heavy atom. The molecule has 26 heavy (non-hydrogen) atoms. The molecule has 1 aliphatic heterocycles. The summed E-state index contributed by atoms with van der Waals surface area (Å²) >= 11 is 0. The summed E-state index contributed by atoms with van der Waals surface area (Å²) in [6, 6.07) is 9.62. The molecule has 2 N–H and O–H groups in total. The SMILES string of the molecule is C=CC(=O)N1CCC(C(=O)NC(C)CC(C)(C)O)(c2ccccc2)CC1. The maximum Gasteiger partial charge on any atom is 0.245 e. The van der Waals surface area contributed by atoms with Crippen LogP contribution in [-0.4, -0.2) is 46.6 Å². The molecule has 142 valence electrons. The number of amides is 2. The summed E-state index contributed by atoms with van der Waals surface area (Å²) in [7, 11) is 0. The lowest BCUT2D eigenvalue weighted by atomic mass is 9.71. The molecule has 1 unspecified atom stereocenters. The largest absolute Gasteiger partial charge is 0.390 e. The fourth-order valence-electron chi connectivity index (χ4n) is 3.80. The van der Waals surface area contributed by atoms with Crippen LogP contribution in [0.5, 0.6) is 0 Å². The van der Waals surface area contributed by atoms with Crippen molar-refractivity contribution in [2.24, 2.45) is 0 Å². The summed E-state index contributed by atoms with van der Waals surface area (Å²) in [6.07, 6.45) is 2.93. The third-order valence-electron chi connectivity index (χ3n) is 5.05. The van der Waals surface area contributed by atoms with Gasteiger partial charge in [0.2, 0.25) is 11.8 Å². The first-order chi connectivity index (χ1) is 12.2. The van der Waals surface area contributed by atoms with Crippen molar-refractivity contribution in [3.63, 3.8) is 0 Å². The van der Waals surface area contributed by atoms with Crippen molar-refractivity contribution in [2.75, 3.05) is 13.1 Å². The Balaban J connectivity index is 2.22. The van der Waals surface area contributed by atoms with E-state index in [1.54, 1.807) is 18.7 Å². The van der Waals surface area contributed by atoms with Gasteiger partial charge in [-0.3, -0.25) is 9.59 Å². The van der Waals surface area contributed by atoms with Gasteiger partial charge < -0.3 is 15.3 Å². The Morgan fingerprint density at radius 2 is 1.88 bits per heavy atom. The summed E-state index contributed by atoms with van der Waals surface area (Å²) in [5.74, 6) is -0.131. The van der Waals surface area contributed by atoms with Gasteiger partial charge in [0.25, 0.3) is 0 Å². The number of hydrogen-bond donors (Lipinski definition) is 2. The number of carbonyl (C=O) groups excluding carboxylic acids is 2. The van der Waals surface area contributed by atoms with Crippen LogP contribution in [0.25, 0.3) is 0 Å². The van der Waals surface area contributed by atoms with Crippen LogP contribution in [0.4, 0.5) is 0 Å². The molecule has 2 rings (SSSR count). The number of carbonyl (C=O) groups is 2. The number of aliphatic hydroxyl groups is 1. The van der Waals surface area contributed by atoms with E-state index in [1.807, 2.05) is 37.3 Å². The van der Waals surface area contributed by atoms with Gasteiger partial charge in [-0.25, -0.2) is 0 Å². The van der Waals surface area contributed by atoms with E-state index in [9.17, 15) is 14.7 Å². The molecule has 1 aromatic rings. The van der Waals surface area contributed by atoms with E-state index in [4.69, 9.17) is 0 Å². The van der Waals surface area contributed by atoms with E-state index in [0.29, 0.717) is 32.4 Å². The second-order valence-corrected chi connectivity index (χ2v) is 7.87. The van der Waals surface area contributed by atoms with Gasteiger partial charge in [0, 0.05) is 19.1 Å². The highest BCUT2D eigenvalue weighted by atomic mass is 16.3. The van der Waals surface area contributed by atoms with Crippen molar-refractivity contribution in [3.05, 3.63) is 48.6 Å². The van der Waals surface area contributed by atoms with Crippen LogP contribution >= 0.6 is 0 Å². The van der Waals surface area contributed by atoms with Crippen LogP contribution in [0.3, 0.4) is 0 Å². The second-order valence-electron chi connectivity index (χ2n) is 7.87. The number of benzene rings is 1. The predicted molar refractivity (Wildman–Crippen MR) is 103 cm³/mol. The zero-order valence-electron chi connectivity index (χ0n) is 16.0. The molecule has 0 spiro atoms. The molecule has 0 bridgehead atoms. The van der Waals surface area contributed by atoms with Crippen molar-refractivity contribution in [1.29, 1.82) is 0 Å². The molecule has 1 saturated heterocycles. The summed E-state index contributed by atoms with van der Waals surface area (Å²) in [6.45, 7) is 9.97. The Labute approximate surface area is 156 Å². The number of hydrogen-bond acceptors (Lipinski definition) is 3. The molecule has 5 nitrogen and oxygen atoms in total. The zero-order chi connectivity index (χ0) is 19.4. The van der Waals surface area contributed by atoms with Crippen LogP contribution in [0.15, 0.2) is 43.0 Å². The number of piperidine rings is 1. The first kappa shape index (κ1) is 20.2. The van der Waals surface area contributed by atoms with Crippen LogP contribution < -0.4 is 5.32 Å². The van der Waals surface area contributed by atoms with E-state index >= 15 is 0 Å². The van der Waals surface area contributed by atoms with Gasteiger partial charge in [-0.2, -0.15) is 0 Å². The number of likely N-dealkylation sites (tertiary alicyclic amines) is 1. The first-order valence-corrected chi connectivity index (χ1v) is 9.18. The highest BCUT2D eigenvalue weighted by molar-refractivity contribution is 5.90. The van der Waals surface area contributed by atoms with Crippen LogP contribution in [-0.2, 0) is 15.0 Å². The molecule has 1 atom stereocenters. The highest BCUT2D eigenvalue weighted by Crippen LogP contribution is 2.36. The van der Waals surface area contributed by atoms with Gasteiger partial charge in [-0.1, -0.05) is 36.9 Å². The summed E-state index contributed by atoms with van der Waals surface area (Å²) < 4.78 is 0. The lowest BCUT2D eigenvalue weighted by Crippen LogP contribution is -2.54. The maximum atomic E-state index is 13.2. The fourth-order valence-corrected chi connectivity index (χ4v) is 3.80.